The Morgan fingerprint density at radius 2 is 1.76 bits per heavy atom. The molecule has 0 heterocycles. The Hall–Kier alpha value is -1.06. The van der Waals surface area contributed by atoms with Gasteiger partial charge in [-0.05, 0) is 43.9 Å². The third-order valence-corrected chi connectivity index (χ3v) is 4.82. The van der Waals surface area contributed by atoms with Gasteiger partial charge in [0.15, 0.2) is 0 Å². The topological polar surface area (TPSA) is 63.6 Å². The zero-order chi connectivity index (χ0) is 12.3. The molecule has 4 bridgehead atoms. The summed E-state index contributed by atoms with van der Waals surface area (Å²) in [5.74, 6) is -0.0889. The molecule has 0 saturated heterocycles. The van der Waals surface area contributed by atoms with Gasteiger partial charge < -0.3 is 9.84 Å². The lowest BCUT2D eigenvalue weighted by Crippen LogP contribution is -2.59. The fourth-order valence-electron chi connectivity index (χ4n) is 4.85. The number of aliphatic carboxylic acids is 1. The molecule has 4 fully saturated rings. The highest BCUT2D eigenvalue weighted by Crippen LogP contribution is 2.62. The second-order valence-electron chi connectivity index (χ2n) is 6.32. The van der Waals surface area contributed by atoms with Crippen molar-refractivity contribution in [3.05, 3.63) is 0 Å². The first-order chi connectivity index (χ1) is 7.93. The molecule has 1 N–H and O–H groups in total. The normalized spacial score (nSPS) is 46.9. The van der Waals surface area contributed by atoms with Crippen molar-refractivity contribution in [1.82, 2.24) is 0 Å². The number of hydrogen-bond donors (Lipinski definition) is 1. The van der Waals surface area contributed by atoms with Crippen molar-refractivity contribution in [2.75, 3.05) is 0 Å². The molecule has 4 aliphatic rings. The van der Waals surface area contributed by atoms with Gasteiger partial charge in [0.25, 0.3) is 0 Å². The molecule has 0 aromatic rings. The van der Waals surface area contributed by atoms with E-state index >= 15 is 0 Å². The zero-order valence-electron chi connectivity index (χ0n) is 10.1. The van der Waals surface area contributed by atoms with Gasteiger partial charge in [-0.25, -0.2) is 0 Å². The van der Waals surface area contributed by atoms with Crippen LogP contribution in [0.15, 0.2) is 0 Å². The lowest BCUT2D eigenvalue weighted by atomic mass is 9.48. The lowest BCUT2D eigenvalue weighted by molar-refractivity contribution is -0.208. The second-order valence-corrected chi connectivity index (χ2v) is 6.32. The Morgan fingerprint density at radius 1 is 1.18 bits per heavy atom. The first kappa shape index (κ1) is 11.1. The second kappa shape index (κ2) is 3.24. The molecule has 0 aromatic heterocycles. The number of hydrogen-bond acceptors (Lipinski definition) is 3. The predicted octanol–water partition coefficient (Wildman–Crippen LogP) is 1.97. The number of carbonyl (C=O) groups excluding carboxylic acids is 1. The summed E-state index contributed by atoms with van der Waals surface area (Å²) in [4.78, 5) is 22.8. The van der Waals surface area contributed by atoms with Crippen molar-refractivity contribution in [2.24, 2.45) is 17.3 Å². The van der Waals surface area contributed by atoms with Gasteiger partial charge in [-0.3, -0.25) is 9.59 Å². The van der Waals surface area contributed by atoms with Crippen LogP contribution >= 0.6 is 0 Å². The van der Waals surface area contributed by atoms with Crippen molar-refractivity contribution in [3.63, 3.8) is 0 Å². The van der Waals surface area contributed by atoms with E-state index in [-0.39, 0.29) is 5.97 Å². The van der Waals surface area contributed by atoms with Gasteiger partial charge in [0.05, 0.1) is 5.41 Å². The van der Waals surface area contributed by atoms with Crippen LogP contribution in [0.1, 0.15) is 45.4 Å². The highest BCUT2D eigenvalue weighted by atomic mass is 16.6. The van der Waals surface area contributed by atoms with Crippen LogP contribution < -0.4 is 0 Å². The fraction of sp³-hybridized carbons (Fsp3) is 0.846. The molecule has 4 heteroatoms. The highest BCUT2D eigenvalue weighted by molar-refractivity contribution is 5.76. The minimum atomic E-state index is -0.692. The van der Waals surface area contributed by atoms with Crippen molar-refractivity contribution in [1.29, 1.82) is 0 Å². The molecule has 4 aliphatic carbocycles. The standard InChI is InChI=1S/C13H18O4/c1-8(14)17-13-5-9-2-10(6-13)4-12(3-9,7-13)11(15)16/h9-10H,2-7H2,1H3,(H,15,16)/t9-,10+,12?,13?. The summed E-state index contributed by atoms with van der Waals surface area (Å²) in [6.45, 7) is 1.42. The Bertz CT molecular complexity index is 373. The smallest absolute Gasteiger partial charge is 0.309 e. The van der Waals surface area contributed by atoms with Gasteiger partial charge in [-0.2, -0.15) is 0 Å². The van der Waals surface area contributed by atoms with Crippen LogP contribution in [0.3, 0.4) is 0 Å². The van der Waals surface area contributed by atoms with Gasteiger partial charge in [0.2, 0.25) is 0 Å². The van der Waals surface area contributed by atoms with Crippen molar-refractivity contribution in [3.8, 4) is 0 Å². The van der Waals surface area contributed by atoms with Crippen LogP contribution in [-0.4, -0.2) is 22.6 Å². The summed E-state index contributed by atoms with van der Waals surface area (Å²) >= 11 is 0. The zero-order valence-corrected chi connectivity index (χ0v) is 10.1. The minimum absolute atomic E-state index is 0.271. The molecule has 0 spiro atoms. The summed E-state index contributed by atoms with van der Waals surface area (Å²) in [5.41, 5.74) is -1.08. The van der Waals surface area contributed by atoms with Crippen molar-refractivity contribution in [2.45, 2.75) is 51.0 Å². The first-order valence-electron chi connectivity index (χ1n) is 6.36. The third kappa shape index (κ3) is 1.57. The number of rotatable bonds is 2. The van der Waals surface area contributed by atoms with E-state index < -0.39 is 17.0 Å². The molecule has 4 saturated carbocycles. The van der Waals surface area contributed by atoms with E-state index in [2.05, 4.69) is 0 Å². The molecule has 0 amide bonds. The van der Waals surface area contributed by atoms with E-state index in [9.17, 15) is 14.7 Å². The summed E-state index contributed by atoms with van der Waals surface area (Å²) in [6, 6.07) is 0. The summed E-state index contributed by atoms with van der Waals surface area (Å²) in [7, 11) is 0. The third-order valence-electron chi connectivity index (χ3n) is 4.82. The average Bonchev–Trinajstić information content (AvgIpc) is 2.12. The van der Waals surface area contributed by atoms with Crippen LogP contribution in [0.2, 0.25) is 0 Å². The first-order valence-corrected chi connectivity index (χ1v) is 6.36. The van der Waals surface area contributed by atoms with Crippen molar-refractivity contribution >= 4 is 11.9 Å². The molecule has 4 atom stereocenters. The molecule has 4 rings (SSSR count). The van der Waals surface area contributed by atoms with E-state index in [1.165, 1.54) is 6.92 Å². The largest absolute Gasteiger partial charge is 0.481 e. The molecule has 2 unspecified atom stereocenters. The number of carbonyl (C=O) groups is 2. The van der Waals surface area contributed by atoms with Crippen LogP contribution in [0.4, 0.5) is 0 Å². The molecular weight excluding hydrogens is 220 g/mol. The Kier molecular flexibility index (Phi) is 2.11. The molecule has 17 heavy (non-hydrogen) atoms. The molecule has 4 nitrogen and oxygen atoms in total. The van der Waals surface area contributed by atoms with Gasteiger partial charge in [0, 0.05) is 13.3 Å². The van der Waals surface area contributed by atoms with Gasteiger partial charge in [-0.15, -0.1) is 0 Å². The van der Waals surface area contributed by atoms with Gasteiger partial charge in [-0.1, -0.05) is 0 Å². The average molecular weight is 238 g/mol. The van der Waals surface area contributed by atoms with Crippen LogP contribution in [0.5, 0.6) is 0 Å². The van der Waals surface area contributed by atoms with E-state index in [1.807, 2.05) is 0 Å². The van der Waals surface area contributed by atoms with E-state index in [0.29, 0.717) is 18.3 Å². The monoisotopic (exact) mass is 238 g/mol. The summed E-state index contributed by atoms with van der Waals surface area (Å²) < 4.78 is 5.52. The van der Waals surface area contributed by atoms with Gasteiger partial charge in [0.1, 0.15) is 5.60 Å². The summed E-state index contributed by atoms with van der Waals surface area (Å²) in [6.07, 6.45) is 4.96. The maximum absolute atomic E-state index is 11.5. The van der Waals surface area contributed by atoms with Crippen LogP contribution in [0, 0.1) is 17.3 Å². The SMILES string of the molecule is CC(=O)OC12C[C@H]3C[C@@H](C1)CC(C(=O)O)(C3)C2. The van der Waals surface area contributed by atoms with Gasteiger partial charge >= 0.3 is 11.9 Å². The fourth-order valence-corrected chi connectivity index (χ4v) is 4.85. The molecular formula is C13H18O4. The number of esters is 1. The van der Waals surface area contributed by atoms with Crippen molar-refractivity contribution < 1.29 is 19.4 Å². The Balaban J connectivity index is 1.94. The molecule has 94 valence electrons. The minimum Gasteiger partial charge on any atom is -0.481 e. The maximum Gasteiger partial charge on any atom is 0.309 e. The maximum atomic E-state index is 11.5. The Morgan fingerprint density at radius 3 is 2.24 bits per heavy atom. The Labute approximate surface area is 100 Å². The lowest BCUT2D eigenvalue weighted by Gasteiger charge is -2.59. The van der Waals surface area contributed by atoms with E-state index in [4.69, 9.17) is 4.74 Å². The quantitative estimate of drug-likeness (QED) is 0.747. The predicted molar refractivity (Wildman–Crippen MR) is 59.2 cm³/mol. The summed E-state index contributed by atoms with van der Waals surface area (Å²) in [5, 5.41) is 9.49. The van der Waals surface area contributed by atoms with Crippen LogP contribution in [0.25, 0.3) is 0 Å². The highest BCUT2D eigenvalue weighted by Gasteiger charge is 2.62. The van der Waals surface area contributed by atoms with E-state index in [1.54, 1.807) is 0 Å². The number of ether oxygens (including phenoxy) is 1. The molecule has 0 aromatic carbocycles. The van der Waals surface area contributed by atoms with E-state index in [0.717, 1.165) is 32.1 Å². The van der Waals surface area contributed by atoms with Crippen LogP contribution in [-0.2, 0) is 14.3 Å². The molecule has 0 radical (unpaired) electrons. The number of carboxylic acids is 1. The number of carboxylic acid groups (broad SMARTS) is 1. The molecule has 0 aliphatic heterocycles.